The molecular formula is C30H32N4O4. The van der Waals surface area contributed by atoms with Gasteiger partial charge in [0.2, 0.25) is 0 Å². The van der Waals surface area contributed by atoms with Crippen LogP contribution in [0.5, 0.6) is 11.5 Å². The number of rotatable bonds is 9. The van der Waals surface area contributed by atoms with Crippen molar-refractivity contribution in [2.45, 2.75) is 20.8 Å². The van der Waals surface area contributed by atoms with E-state index in [1.54, 1.807) is 37.3 Å². The molecule has 2 N–H and O–H groups in total. The number of nitrogens with one attached hydrogen (secondary N) is 2. The van der Waals surface area contributed by atoms with Crippen LogP contribution in [0, 0.1) is 0 Å². The lowest BCUT2D eigenvalue weighted by atomic mass is 10.1. The average molecular weight is 513 g/mol. The summed E-state index contributed by atoms with van der Waals surface area (Å²) in [6.45, 7) is 8.77. The van der Waals surface area contributed by atoms with E-state index in [0.29, 0.717) is 36.0 Å². The molecule has 8 nitrogen and oxygen atoms in total. The first-order valence-corrected chi connectivity index (χ1v) is 12.7. The number of fused-ring (bicyclic) bond motifs is 1. The van der Waals surface area contributed by atoms with Gasteiger partial charge in [0.05, 0.1) is 5.71 Å². The zero-order chi connectivity index (χ0) is 26.9. The molecule has 0 aromatic heterocycles. The predicted octanol–water partition coefficient (Wildman–Crippen LogP) is 4.62. The van der Waals surface area contributed by atoms with Gasteiger partial charge in [-0.25, -0.2) is 5.43 Å². The van der Waals surface area contributed by atoms with E-state index in [2.05, 4.69) is 34.6 Å². The van der Waals surface area contributed by atoms with Crippen LogP contribution in [0.25, 0.3) is 6.08 Å². The van der Waals surface area contributed by atoms with Crippen LogP contribution in [0.4, 0.5) is 5.69 Å². The zero-order valence-electron chi connectivity index (χ0n) is 21.9. The molecule has 2 amide bonds. The molecule has 8 heteroatoms. The lowest BCUT2D eigenvalue weighted by Gasteiger charge is -2.21. The van der Waals surface area contributed by atoms with Crippen molar-refractivity contribution in [2.75, 3.05) is 31.2 Å². The third-order valence-electron chi connectivity index (χ3n) is 6.15. The van der Waals surface area contributed by atoms with Crippen LogP contribution in [0.15, 0.2) is 83.6 Å². The van der Waals surface area contributed by atoms with Crippen molar-refractivity contribution < 1.29 is 19.1 Å². The Morgan fingerprint density at radius 1 is 0.895 bits per heavy atom. The zero-order valence-corrected chi connectivity index (χ0v) is 21.9. The van der Waals surface area contributed by atoms with Gasteiger partial charge in [0, 0.05) is 29.9 Å². The van der Waals surface area contributed by atoms with Crippen molar-refractivity contribution in [1.29, 1.82) is 0 Å². The molecule has 0 spiro atoms. The van der Waals surface area contributed by atoms with Crippen molar-refractivity contribution in [2.24, 2.45) is 5.10 Å². The second-order valence-corrected chi connectivity index (χ2v) is 8.64. The van der Waals surface area contributed by atoms with Crippen molar-refractivity contribution in [3.8, 4) is 11.5 Å². The number of amides is 2. The molecule has 0 atom stereocenters. The molecule has 196 valence electrons. The third kappa shape index (κ3) is 6.59. The SMILES string of the molecule is CCN(CC)c1ccc(/C=C(\NC(=O)c2ccccc2)C(=O)N/N=C(\C)c2ccc3c(c2)OCCO3)cc1. The molecule has 0 unspecified atom stereocenters. The summed E-state index contributed by atoms with van der Waals surface area (Å²) in [4.78, 5) is 28.3. The molecule has 0 saturated carbocycles. The molecule has 1 aliphatic heterocycles. The van der Waals surface area contributed by atoms with Gasteiger partial charge in [-0.3, -0.25) is 9.59 Å². The molecule has 4 rings (SSSR count). The Hall–Kier alpha value is -4.59. The number of carbonyl (C=O) groups excluding carboxylic acids is 2. The van der Waals surface area contributed by atoms with Gasteiger partial charge < -0.3 is 19.7 Å². The van der Waals surface area contributed by atoms with Crippen LogP contribution in [-0.2, 0) is 4.79 Å². The summed E-state index contributed by atoms with van der Waals surface area (Å²) in [5, 5.41) is 7.01. The van der Waals surface area contributed by atoms with E-state index in [1.165, 1.54) is 0 Å². The minimum atomic E-state index is -0.543. The van der Waals surface area contributed by atoms with Gasteiger partial charge >= 0.3 is 0 Å². The standard InChI is InChI=1S/C30H32N4O4/c1-4-34(5-2)25-14-11-22(12-15-25)19-26(31-29(35)23-9-7-6-8-10-23)30(36)33-32-21(3)24-13-16-27-28(20-24)38-18-17-37-27/h6-16,19-20H,4-5,17-18H2,1-3H3,(H,31,35)(H,33,36)/b26-19-,32-21+. The monoisotopic (exact) mass is 512 g/mol. The summed E-state index contributed by atoms with van der Waals surface area (Å²) in [5.41, 5.74) is 6.31. The van der Waals surface area contributed by atoms with Crippen LogP contribution < -0.4 is 25.1 Å². The van der Waals surface area contributed by atoms with E-state index < -0.39 is 5.91 Å². The maximum absolute atomic E-state index is 13.2. The highest BCUT2D eigenvalue weighted by Gasteiger charge is 2.16. The summed E-state index contributed by atoms with van der Waals surface area (Å²) < 4.78 is 11.2. The van der Waals surface area contributed by atoms with Crippen molar-refractivity contribution >= 4 is 29.3 Å². The molecule has 1 aliphatic rings. The smallest absolute Gasteiger partial charge is 0.287 e. The summed E-state index contributed by atoms with van der Waals surface area (Å²) in [5.74, 6) is 0.384. The maximum atomic E-state index is 13.2. The fourth-order valence-electron chi connectivity index (χ4n) is 4.01. The normalized spacial score (nSPS) is 13.0. The van der Waals surface area contributed by atoms with Crippen molar-refractivity contribution in [1.82, 2.24) is 10.7 Å². The molecule has 0 saturated heterocycles. The quantitative estimate of drug-likeness (QED) is 0.248. The fraction of sp³-hybridized carbons (Fsp3) is 0.233. The summed E-state index contributed by atoms with van der Waals surface area (Å²) in [6.07, 6.45) is 1.64. The Morgan fingerprint density at radius 3 is 2.26 bits per heavy atom. The number of hydrogen-bond acceptors (Lipinski definition) is 6. The van der Waals surface area contributed by atoms with Gasteiger partial charge in [0.15, 0.2) is 11.5 Å². The number of hydrazone groups is 1. The highest BCUT2D eigenvalue weighted by atomic mass is 16.6. The number of ether oxygens (including phenoxy) is 2. The van der Waals surface area contributed by atoms with Crippen molar-refractivity contribution in [3.05, 3.63) is 95.2 Å². The second kappa shape index (κ2) is 12.6. The molecule has 3 aromatic rings. The Kier molecular flexibility index (Phi) is 8.77. The Labute approximate surface area is 223 Å². The Morgan fingerprint density at radius 2 is 1.58 bits per heavy atom. The van der Waals surface area contributed by atoms with E-state index in [0.717, 1.165) is 29.9 Å². The molecule has 38 heavy (non-hydrogen) atoms. The average Bonchev–Trinajstić information content (AvgIpc) is 2.97. The highest BCUT2D eigenvalue weighted by molar-refractivity contribution is 6.06. The summed E-state index contributed by atoms with van der Waals surface area (Å²) in [7, 11) is 0. The Balaban J connectivity index is 1.56. The Bertz CT molecular complexity index is 1330. The summed E-state index contributed by atoms with van der Waals surface area (Å²) in [6, 6.07) is 22.1. The van der Waals surface area contributed by atoms with Crippen LogP contribution in [0.3, 0.4) is 0 Å². The molecule has 0 radical (unpaired) electrons. The highest BCUT2D eigenvalue weighted by Crippen LogP contribution is 2.30. The minimum absolute atomic E-state index is 0.0770. The number of carbonyl (C=O) groups is 2. The molecule has 0 bridgehead atoms. The van der Waals surface area contributed by atoms with E-state index in [1.807, 2.05) is 48.5 Å². The predicted molar refractivity (Wildman–Crippen MR) is 150 cm³/mol. The van der Waals surface area contributed by atoms with Gasteiger partial charge in [-0.2, -0.15) is 5.10 Å². The molecular weight excluding hydrogens is 480 g/mol. The first-order chi connectivity index (χ1) is 18.5. The van der Waals surface area contributed by atoms with Crippen LogP contribution in [0.1, 0.15) is 42.3 Å². The molecule has 0 fully saturated rings. The minimum Gasteiger partial charge on any atom is -0.486 e. The largest absolute Gasteiger partial charge is 0.486 e. The van der Waals surface area contributed by atoms with Gasteiger partial charge in [0.1, 0.15) is 18.9 Å². The lowest BCUT2D eigenvalue weighted by Crippen LogP contribution is -2.33. The van der Waals surface area contributed by atoms with Crippen LogP contribution in [-0.4, -0.2) is 43.8 Å². The van der Waals surface area contributed by atoms with Crippen LogP contribution >= 0.6 is 0 Å². The van der Waals surface area contributed by atoms with Gasteiger partial charge in [-0.1, -0.05) is 30.3 Å². The van der Waals surface area contributed by atoms with E-state index in [-0.39, 0.29) is 11.6 Å². The summed E-state index contributed by atoms with van der Waals surface area (Å²) >= 11 is 0. The van der Waals surface area contributed by atoms with Gasteiger partial charge in [0.25, 0.3) is 11.8 Å². The molecule has 1 heterocycles. The number of hydrogen-bond donors (Lipinski definition) is 2. The molecule has 0 aliphatic carbocycles. The van der Waals surface area contributed by atoms with Crippen molar-refractivity contribution in [3.63, 3.8) is 0 Å². The van der Waals surface area contributed by atoms with Gasteiger partial charge in [-0.15, -0.1) is 0 Å². The molecule has 3 aromatic carbocycles. The number of nitrogens with zero attached hydrogens (tertiary/aromatic N) is 2. The van der Waals surface area contributed by atoms with Gasteiger partial charge in [-0.05, 0) is 74.9 Å². The first kappa shape index (κ1) is 26.5. The third-order valence-corrected chi connectivity index (χ3v) is 6.15. The van der Waals surface area contributed by atoms with Crippen LogP contribution in [0.2, 0.25) is 0 Å². The lowest BCUT2D eigenvalue weighted by molar-refractivity contribution is -0.117. The topological polar surface area (TPSA) is 92.3 Å². The first-order valence-electron chi connectivity index (χ1n) is 12.7. The van der Waals surface area contributed by atoms with E-state index >= 15 is 0 Å². The fourth-order valence-corrected chi connectivity index (χ4v) is 4.01. The second-order valence-electron chi connectivity index (χ2n) is 8.64. The van der Waals surface area contributed by atoms with E-state index in [9.17, 15) is 9.59 Å². The number of anilines is 1. The van der Waals surface area contributed by atoms with E-state index in [4.69, 9.17) is 9.47 Å². The number of benzene rings is 3. The maximum Gasteiger partial charge on any atom is 0.287 e.